The molecule has 166 valence electrons. The second kappa shape index (κ2) is 9.43. The molecule has 1 aliphatic rings. The van der Waals surface area contributed by atoms with Crippen molar-refractivity contribution in [2.24, 2.45) is 5.92 Å². The zero-order valence-electron chi connectivity index (χ0n) is 18.5. The molecule has 3 N–H and O–H groups in total. The van der Waals surface area contributed by atoms with Gasteiger partial charge in [-0.05, 0) is 56.1 Å². The number of hydrogen-bond acceptors (Lipinski definition) is 4. The zero-order chi connectivity index (χ0) is 22.6. The first-order valence-corrected chi connectivity index (χ1v) is 10.5. The van der Waals surface area contributed by atoms with Gasteiger partial charge in [0.2, 0.25) is 5.91 Å². The van der Waals surface area contributed by atoms with Crippen LogP contribution in [0.3, 0.4) is 0 Å². The number of rotatable bonds is 6. The molecule has 0 bridgehead atoms. The third kappa shape index (κ3) is 5.38. The van der Waals surface area contributed by atoms with Crippen molar-refractivity contribution in [1.29, 1.82) is 0 Å². The Balaban J connectivity index is 1.75. The molecule has 1 aliphatic heterocycles. The molecule has 1 aromatic heterocycles. The summed E-state index contributed by atoms with van der Waals surface area (Å²) in [5.41, 5.74) is 1.91. The van der Waals surface area contributed by atoms with Crippen molar-refractivity contribution in [3.8, 4) is 0 Å². The highest BCUT2D eigenvalue weighted by Gasteiger charge is 2.40. The van der Waals surface area contributed by atoms with Gasteiger partial charge in [-0.25, -0.2) is 9.18 Å². The Bertz CT molecular complexity index is 939. The van der Waals surface area contributed by atoms with Crippen LogP contribution in [0.1, 0.15) is 31.5 Å². The second-order valence-electron chi connectivity index (χ2n) is 8.46. The first-order chi connectivity index (χ1) is 14.7. The molecule has 2 aromatic rings. The van der Waals surface area contributed by atoms with Gasteiger partial charge >= 0.3 is 6.03 Å². The topological polar surface area (TPSA) is 86.4 Å². The van der Waals surface area contributed by atoms with Crippen LogP contribution in [0.2, 0.25) is 0 Å². The van der Waals surface area contributed by atoms with Crippen LogP contribution in [0, 0.1) is 18.7 Å². The highest BCUT2D eigenvalue weighted by molar-refractivity contribution is 5.99. The van der Waals surface area contributed by atoms with E-state index >= 15 is 0 Å². The van der Waals surface area contributed by atoms with Crippen molar-refractivity contribution >= 4 is 23.3 Å². The number of halogens is 1. The normalized spacial score (nSPS) is 18.1. The average Bonchev–Trinajstić information content (AvgIpc) is 3.20. The molecule has 31 heavy (non-hydrogen) atoms. The summed E-state index contributed by atoms with van der Waals surface area (Å²) in [7, 11) is 1.83. The number of carbonyl (C=O) groups is 2. The van der Waals surface area contributed by atoms with E-state index in [4.69, 9.17) is 0 Å². The van der Waals surface area contributed by atoms with Crippen LogP contribution in [0.4, 0.5) is 20.6 Å². The Hall–Kier alpha value is -3.00. The molecule has 0 unspecified atom stereocenters. The SMILES string of the molecule is Cc1ccc(NC(=O)Nc2cc(C[C@@]3(N(C)C(=O)C(C)C)CCNC3)ccc2F)cn1. The minimum atomic E-state index is -0.550. The molecule has 1 aromatic carbocycles. The average molecular weight is 428 g/mol. The maximum Gasteiger partial charge on any atom is 0.323 e. The van der Waals surface area contributed by atoms with Crippen molar-refractivity contribution in [2.75, 3.05) is 30.8 Å². The van der Waals surface area contributed by atoms with Crippen molar-refractivity contribution in [3.63, 3.8) is 0 Å². The zero-order valence-corrected chi connectivity index (χ0v) is 18.5. The summed E-state index contributed by atoms with van der Waals surface area (Å²) < 4.78 is 14.4. The van der Waals surface area contributed by atoms with E-state index in [0.717, 1.165) is 24.2 Å². The van der Waals surface area contributed by atoms with Crippen LogP contribution in [-0.4, -0.2) is 47.5 Å². The van der Waals surface area contributed by atoms with Crippen LogP contribution < -0.4 is 16.0 Å². The minimum absolute atomic E-state index is 0.0789. The molecule has 0 radical (unpaired) electrons. The number of amides is 3. The molecule has 0 saturated carbocycles. The standard InChI is InChI=1S/C23H30FN5O2/c1-15(2)21(30)29(4)23(9-10-25-14-23)12-17-6-8-19(24)20(11-17)28-22(31)27-18-7-5-16(3)26-13-18/h5-8,11,13,15,25H,9-10,12,14H2,1-4H3,(H2,27,28,31)/t23-/m0/s1. The molecule has 2 heterocycles. The quantitative estimate of drug-likeness (QED) is 0.658. The number of nitrogens with zero attached hydrogens (tertiary/aromatic N) is 2. The Kier molecular flexibility index (Phi) is 6.90. The number of nitrogens with one attached hydrogen (secondary N) is 3. The van der Waals surface area contributed by atoms with Gasteiger partial charge in [0, 0.05) is 25.2 Å². The second-order valence-corrected chi connectivity index (χ2v) is 8.46. The lowest BCUT2D eigenvalue weighted by Crippen LogP contribution is -2.53. The van der Waals surface area contributed by atoms with Crippen molar-refractivity contribution in [2.45, 2.75) is 39.2 Å². The molecule has 3 amide bonds. The monoisotopic (exact) mass is 427 g/mol. The maximum absolute atomic E-state index is 14.4. The molecular formula is C23H30FN5O2. The molecule has 7 nitrogen and oxygen atoms in total. The highest BCUT2D eigenvalue weighted by atomic mass is 19.1. The fourth-order valence-corrected chi connectivity index (χ4v) is 3.89. The summed E-state index contributed by atoms with van der Waals surface area (Å²) in [4.78, 5) is 30.9. The van der Waals surface area contributed by atoms with E-state index in [1.54, 1.807) is 30.5 Å². The molecule has 0 aliphatic carbocycles. The molecule has 1 saturated heterocycles. The van der Waals surface area contributed by atoms with Crippen LogP contribution in [0.15, 0.2) is 36.5 Å². The summed E-state index contributed by atoms with van der Waals surface area (Å²) in [5.74, 6) is -0.547. The van der Waals surface area contributed by atoms with E-state index in [-0.39, 0.29) is 23.1 Å². The van der Waals surface area contributed by atoms with Gasteiger partial charge in [-0.2, -0.15) is 0 Å². The van der Waals surface area contributed by atoms with E-state index in [2.05, 4.69) is 20.9 Å². The number of benzene rings is 1. The Morgan fingerprint density at radius 3 is 2.65 bits per heavy atom. The van der Waals surface area contributed by atoms with E-state index in [9.17, 15) is 14.0 Å². The summed E-state index contributed by atoms with van der Waals surface area (Å²) in [6, 6.07) is 7.64. The molecule has 1 fully saturated rings. The number of aromatic nitrogens is 1. The van der Waals surface area contributed by atoms with Gasteiger partial charge in [-0.3, -0.25) is 9.78 Å². The van der Waals surface area contributed by atoms with E-state index in [0.29, 0.717) is 18.7 Å². The van der Waals surface area contributed by atoms with E-state index in [1.807, 2.05) is 32.7 Å². The van der Waals surface area contributed by atoms with Gasteiger partial charge < -0.3 is 20.9 Å². The van der Waals surface area contributed by atoms with Gasteiger partial charge in [0.25, 0.3) is 0 Å². The fourth-order valence-electron chi connectivity index (χ4n) is 3.89. The first-order valence-electron chi connectivity index (χ1n) is 10.5. The lowest BCUT2D eigenvalue weighted by Gasteiger charge is -2.39. The lowest BCUT2D eigenvalue weighted by molar-refractivity contribution is -0.138. The van der Waals surface area contributed by atoms with Crippen molar-refractivity contribution in [3.05, 3.63) is 53.6 Å². The molecule has 1 atom stereocenters. The number of anilines is 2. The maximum atomic E-state index is 14.4. The number of likely N-dealkylation sites (N-methyl/N-ethyl adjacent to an activating group) is 1. The number of aryl methyl sites for hydroxylation is 1. The molecule has 8 heteroatoms. The van der Waals surface area contributed by atoms with Crippen LogP contribution in [0.25, 0.3) is 0 Å². The van der Waals surface area contributed by atoms with Gasteiger partial charge in [-0.1, -0.05) is 19.9 Å². The summed E-state index contributed by atoms with van der Waals surface area (Å²) in [5, 5.41) is 8.56. The summed E-state index contributed by atoms with van der Waals surface area (Å²) >= 11 is 0. The molecular weight excluding hydrogens is 397 g/mol. The van der Waals surface area contributed by atoms with Gasteiger partial charge in [-0.15, -0.1) is 0 Å². The Morgan fingerprint density at radius 2 is 2.03 bits per heavy atom. The first kappa shape index (κ1) is 22.7. The van der Waals surface area contributed by atoms with E-state index in [1.165, 1.54) is 6.07 Å². The summed E-state index contributed by atoms with van der Waals surface area (Å²) in [6.45, 7) is 7.11. The third-order valence-corrected chi connectivity index (χ3v) is 5.74. The number of hydrogen-bond donors (Lipinski definition) is 3. The third-order valence-electron chi connectivity index (χ3n) is 5.74. The number of carbonyl (C=O) groups excluding carboxylic acids is 2. The minimum Gasteiger partial charge on any atom is -0.338 e. The van der Waals surface area contributed by atoms with Crippen LogP contribution in [-0.2, 0) is 11.2 Å². The Labute approximate surface area is 182 Å². The molecule has 3 rings (SSSR count). The fraction of sp³-hybridized carbons (Fsp3) is 0.435. The van der Waals surface area contributed by atoms with Crippen molar-refractivity contribution < 1.29 is 14.0 Å². The van der Waals surface area contributed by atoms with Crippen molar-refractivity contribution in [1.82, 2.24) is 15.2 Å². The van der Waals surface area contributed by atoms with Gasteiger partial charge in [0.15, 0.2) is 0 Å². The van der Waals surface area contributed by atoms with Gasteiger partial charge in [0.1, 0.15) is 5.82 Å². The Morgan fingerprint density at radius 1 is 1.26 bits per heavy atom. The predicted molar refractivity (Wildman–Crippen MR) is 120 cm³/mol. The smallest absolute Gasteiger partial charge is 0.323 e. The predicted octanol–water partition coefficient (Wildman–Crippen LogP) is 3.56. The van der Waals surface area contributed by atoms with E-state index < -0.39 is 11.8 Å². The highest BCUT2D eigenvalue weighted by Crippen LogP contribution is 2.29. The molecule has 0 spiro atoms. The number of urea groups is 1. The van der Waals surface area contributed by atoms with Crippen LogP contribution >= 0.6 is 0 Å². The summed E-state index contributed by atoms with van der Waals surface area (Å²) in [6.07, 6.45) is 2.91. The number of pyridine rings is 1. The van der Waals surface area contributed by atoms with Crippen LogP contribution in [0.5, 0.6) is 0 Å². The lowest BCUT2D eigenvalue weighted by atomic mass is 9.87. The van der Waals surface area contributed by atoms with Gasteiger partial charge in [0.05, 0.1) is 23.1 Å². The largest absolute Gasteiger partial charge is 0.338 e.